The van der Waals surface area contributed by atoms with Crippen molar-refractivity contribution in [3.05, 3.63) is 39.9 Å². The van der Waals surface area contributed by atoms with Crippen LogP contribution in [0.2, 0.25) is 0 Å². The first kappa shape index (κ1) is 14.8. The van der Waals surface area contributed by atoms with Gasteiger partial charge in [0.25, 0.3) is 5.69 Å². The zero-order chi connectivity index (χ0) is 14.7. The molecule has 1 fully saturated rings. The lowest BCUT2D eigenvalue weighted by Gasteiger charge is -2.26. The Morgan fingerprint density at radius 3 is 2.70 bits per heavy atom. The Morgan fingerprint density at radius 2 is 2.15 bits per heavy atom. The smallest absolute Gasteiger partial charge is 0.269 e. The third-order valence-electron chi connectivity index (χ3n) is 3.35. The number of thioether (sulfide) groups is 1. The third-order valence-corrected chi connectivity index (χ3v) is 4.31. The maximum atomic E-state index is 11.9. The van der Waals surface area contributed by atoms with Crippen molar-refractivity contribution in [3.8, 4) is 0 Å². The summed E-state index contributed by atoms with van der Waals surface area (Å²) in [7, 11) is 0. The van der Waals surface area contributed by atoms with Crippen molar-refractivity contribution in [3.63, 3.8) is 0 Å². The molecule has 1 aromatic carbocycles. The second-order valence-electron chi connectivity index (χ2n) is 4.72. The Morgan fingerprint density at radius 1 is 1.50 bits per heavy atom. The molecule has 1 heterocycles. The van der Waals surface area contributed by atoms with Gasteiger partial charge in [-0.25, -0.2) is 0 Å². The summed E-state index contributed by atoms with van der Waals surface area (Å²) in [6, 6.07) is 6.34. The van der Waals surface area contributed by atoms with Gasteiger partial charge in [-0.1, -0.05) is 6.92 Å². The van der Waals surface area contributed by atoms with Gasteiger partial charge in [0.05, 0.1) is 11.5 Å². The predicted molar refractivity (Wildman–Crippen MR) is 78.5 cm³/mol. The molecule has 7 heteroatoms. The van der Waals surface area contributed by atoms with E-state index in [4.69, 9.17) is 0 Å². The van der Waals surface area contributed by atoms with Crippen LogP contribution >= 0.6 is 11.8 Å². The van der Waals surface area contributed by atoms with Gasteiger partial charge >= 0.3 is 0 Å². The number of carbonyl (C=O) groups is 1. The summed E-state index contributed by atoms with van der Waals surface area (Å²) < 4.78 is 0. The fraction of sp³-hybridized carbons (Fsp3) is 0.462. The zero-order valence-corrected chi connectivity index (χ0v) is 12.2. The van der Waals surface area contributed by atoms with Gasteiger partial charge in [0.1, 0.15) is 6.17 Å². The molecule has 0 radical (unpaired) electrons. The van der Waals surface area contributed by atoms with Gasteiger partial charge in [-0.3, -0.25) is 20.2 Å². The Bertz CT molecular complexity index is 506. The average molecular weight is 295 g/mol. The highest BCUT2D eigenvalue weighted by Gasteiger charge is 2.32. The number of hydrogen-bond donors (Lipinski definition) is 1. The van der Waals surface area contributed by atoms with Crippen LogP contribution in [0, 0.1) is 10.1 Å². The van der Waals surface area contributed by atoms with Crippen LogP contribution in [0.25, 0.3) is 0 Å². The van der Waals surface area contributed by atoms with E-state index in [2.05, 4.69) is 12.2 Å². The van der Waals surface area contributed by atoms with E-state index in [0.29, 0.717) is 18.3 Å². The van der Waals surface area contributed by atoms with Gasteiger partial charge in [-0.05, 0) is 24.0 Å². The summed E-state index contributed by atoms with van der Waals surface area (Å²) in [5, 5.41) is 14.2. The van der Waals surface area contributed by atoms with Crippen molar-refractivity contribution in [1.82, 2.24) is 10.2 Å². The first-order valence-electron chi connectivity index (χ1n) is 6.33. The average Bonchev–Trinajstić information content (AvgIpc) is 2.80. The van der Waals surface area contributed by atoms with Gasteiger partial charge in [0, 0.05) is 23.9 Å². The molecule has 1 aliphatic rings. The zero-order valence-electron chi connectivity index (χ0n) is 11.4. The molecular formula is C13H17N3O3S. The van der Waals surface area contributed by atoms with E-state index < -0.39 is 4.92 Å². The number of non-ortho nitro benzene ring substituents is 1. The van der Waals surface area contributed by atoms with E-state index in [-0.39, 0.29) is 17.8 Å². The largest absolute Gasteiger partial charge is 0.321 e. The molecular weight excluding hydrogens is 278 g/mol. The Labute approximate surface area is 121 Å². The number of nitrogens with one attached hydrogen (secondary N) is 1. The minimum atomic E-state index is -0.426. The molecule has 1 amide bonds. The third kappa shape index (κ3) is 3.10. The molecule has 0 bridgehead atoms. The number of amides is 1. The van der Waals surface area contributed by atoms with Crippen LogP contribution in [0.1, 0.15) is 18.7 Å². The van der Waals surface area contributed by atoms with E-state index >= 15 is 0 Å². The lowest BCUT2D eigenvalue weighted by molar-refractivity contribution is -0.384. The maximum absolute atomic E-state index is 11.9. The van der Waals surface area contributed by atoms with Gasteiger partial charge in [0.2, 0.25) is 5.91 Å². The summed E-state index contributed by atoms with van der Waals surface area (Å²) in [5.41, 5.74) is 0.928. The molecule has 1 aliphatic heterocycles. The SMILES string of the molecule is CSC(C)CN1C(=O)CNC1c1ccc([N+](=O)[O-])cc1. The summed E-state index contributed by atoms with van der Waals surface area (Å²) >= 11 is 1.71. The molecule has 1 aromatic rings. The number of nitrogens with zero attached hydrogens (tertiary/aromatic N) is 2. The minimum Gasteiger partial charge on any atom is -0.321 e. The molecule has 0 aliphatic carbocycles. The number of nitro benzene ring substituents is 1. The second-order valence-corrected chi connectivity index (χ2v) is 6.00. The molecule has 0 saturated carbocycles. The predicted octanol–water partition coefficient (Wildman–Crippen LogP) is 1.78. The van der Waals surface area contributed by atoms with Crippen molar-refractivity contribution >= 4 is 23.4 Å². The first-order chi connectivity index (χ1) is 9.52. The molecule has 6 nitrogen and oxygen atoms in total. The lowest BCUT2D eigenvalue weighted by Crippen LogP contribution is -2.34. The summed E-state index contributed by atoms with van der Waals surface area (Å²) in [6.07, 6.45) is 1.82. The monoisotopic (exact) mass is 295 g/mol. The number of carbonyl (C=O) groups excluding carboxylic acids is 1. The number of nitro groups is 1. The van der Waals surface area contributed by atoms with E-state index in [1.165, 1.54) is 12.1 Å². The molecule has 20 heavy (non-hydrogen) atoms. The maximum Gasteiger partial charge on any atom is 0.269 e. The summed E-state index contributed by atoms with van der Waals surface area (Å²) in [4.78, 5) is 24.0. The van der Waals surface area contributed by atoms with Crippen LogP contribution in [0.15, 0.2) is 24.3 Å². The van der Waals surface area contributed by atoms with Crippen LogP contribution in [0.3, 0.4) is 0 Å². The fourth-order valence-electron chi connectivity index (χ4n) is 2.17. The molecule has 108 valence electrons. The van der Waals surface area contributed by atoms with Crippen LogP contribution in [0.4, 0.5) is 5.69 Å². The molecule has 1 saturated heterocycles. The number of rotatable bonds is 5. The molecule has 1 N–H and O–H groups in total. The van der Waals surface area contributed by atoms with Crippen molar-refractivity contribution < 1.29 is 9.72 Å². The first-order valence-corrected chi connectivity index (χ1v) is 7.61. The van der Waals surface area contributed by atoms with Gasteiger partial charge < -0.3 is 4.90 Å². The lowest BCUT2D eigenvalue weighted by atomic mass is 10.1. The van der Waals surface area contributed by atoms with Gasteiger partial charge in [0.15, 0.2) is 0 Å². The van der Waals surface area contributed by atoms with E-state index in [9.17, 15) is 14.9 Å². The molecule has 2 unspecified atom stereocenters. The van der Waals surface area contributed by atoms with Crippen LogP contribution in [-0.2, 0) is 4.79 Å². The fourth-order valence-corrected chi connectivity index (χ4v) is 2.48. The highest BCUT2D eigenvalue weighted by molar-refractivity contribution is 7.99. The van der Waals surface area contributed by atoms with Crippen LogP contribution < -0.4 is 5.32 Å². The van der Waals surface area contributed by atoms with Crippen molar-refractivity contribution in [2.45, 2.75) is 18.3 Å². The van der Waals surface area contributed by atoms with Crippen LogP contribution in [-0.4, -0.2) is 40.3 Å². The Balaban J connectivity index is 2.17. The highest BCUT2D eigenvalue weighted by Crippen LogP contribution is 2.25. The van der Waals surface area contributed by atoms with Crippen LogP contribution in [0.5, 0.6) is 0 Å². The highest BCUT2D eigenvalue weighted by atomic mass is 32.2. The minimum absolute atomic E-state index is 0.0575. The number of benzene rings is 1. The van der Waals surface area contributed by atoms with E-state index in [1.807, 2.05) is 6.26 Å². The van der Waals surface area contributed by atoms with Crippen molar-refractivity contribution in [1.29, 1.82) is 0 Å². The normalized spacial score (nSPS) is 20.2. The molecule has 0 aromatic heterocycles. The molecule has 0 spiro atoms. The Kier molecular flexibility index (Phi) is 4.61. The summed E-state index contributed by atoms with van der Waals surface area (Å²) in [5.74, 6) is 0.0641. The van der Waals surface area contributed by atoms with Gasteiger partial charge in [-0.2, -0.15) is 11.8 Å². The molecule has 2 rings (SSSR count). The van der Waals surface area contributed by atoms with Crippen molar-refractivity contribution in [2.24, 2.45) is 0 Å². The number of hydrogen-bond acceptors (Lipinski definition) is 5. The van der Waals surface area contributed by atoms with E-state index in [1.54, 1.807) is 28.8 Å². The molecule has 2 atom stereocenters. The van der Waals surface area contributed by atoms with E-state index in [0.717, 1.165) is 5.56 Å². The quantitative estimate of drug-likeness (QED) is 0.662. The standard InChI is InChI=1S/C13H17N3O3S/c1-9(20-2)8-15-12(17)7-14-13(15)10-3-5-11(6-4-10)16(18)19/h3-6,9,13-14H,7-8H2,1-2H3. The topological polar surface area (TPSA) is 75.5 Å². The van der Waals surface area contributed by atoms with Gasteiger partial charge in [-0.15, -0.1) is 0 Å². The second kappa shape index (κ2) is 6.23. The summed E-state index contributed by atoms with van der Waals surface area (Å²) in [6.45, 7) is 3.04. The van der Waals surface area contributed by atoms with Crippen molar-refractivity contribution in [2.75, 3.05) is 19.3 Å². The Hall–Kier alpha value is -1.60.